The second kappa shape index (κ2) is 11.3. The molecule has 0 spiro atoms. The van der Waals surface area contributed by atoms with Crippen molar-refractivity contribution in [1.29, 1.82) is 0 Å². The summed E-state index contributed by atoms with van der Waals surface area (Å²) in [5.41, 5.74) is 1.17. The van der Waals surface area contributed by atoms with Gasteiger partial charge in [0.2, 0.25) is 0 Å². The molecule has 8 heteroatoms. The van der Waals surface area contributed by atoms with Crippen LogP contribution in [0.3, 0.4) is 0 Å². The molecule has 1 rings (SSSR count). The standard InChI is InChI=1S/C7H8O.2K.H2O4S/c1-6-2-4-7(8)5-3-6;;;1-5(2,3)4/h2-5,8H,1H3;;;(H2,1,2,3,4)/q;2*+1;/p-2. The average molecular weight is 282 g/mol. The van der Waals surface area contributed by atoms with Crippen LogP contribution in [0.2, 0.25) is 0 Å². The molecule has 0 fully saturated rings. The molecule has 5 nitrogen and oxygen atoms in total. The summed E-state index contributed by atoms with van der Waals surface area (Å²) in [7, 11) is -5.17. The van der Waals surface area contributed by atoms with E-state index in [4.69, 9.17) is 22.6 Å². The maximum absolute atomic E-state index is 8.76. The molecule has 0 aliphatic carbocycles. The summed E-state index contributed by atoms with van der Waals surface area (Å²) < 4.78 is 34.1. The van der Waals surface area contributed by atoms with Gasteiger partial charge >= 0.3 is 103 Å². The topological polar surface area (TPSA) is 100 Å². The van der Waals surface area contributed by atoms with Gasteiger partial charge in [-0.3, -0.25) is 8.42 Å². The first kappa shape index (κ1) is 22.4. The van der Waals surface area contributed by atoms with Crippen molar-refractivity contribution in [2.24, 2.45) is 0 Å². The normalized spacial score (nSPS) is 8.73. The van der Waals surface area contributed by atoms with Gasteiger partial charge in [0.1, 0.15) is 5.75 Å². The molecule has 0 heterocycles. The van der Waals surface area contributed by atoms with E-state index in [0.29, 0.717) is 5.75 Å². The summed E-state index contributed by atoms with van der Waals surface area (Å²) >= 11 is 0. The molecule has 74 valence electrons. The van der Waals surface area contributed by atoms with E-state index in [9.17, 15) is 0 Å². The second-order valence-electron chi connectivity index (χ2n) is 2.24. The number of aryl methyl sites for hydroxylation is 1. The van der Waals surface area contributed by atoms with Gasteiger partial charge in [0, 0.05) is 10.4 Å². The summed E-state index contributed by atoms with van der Waals surface area (Å²) in [4.78, 5) is 0. The van der Waals surface area contributed by atoms with Gasteiger partial charge in [-0.25, -0.2) is 0 Å². The Kier molecular flexibility index (Phi) is 16.8. The Hall–Kier alpha value is 2.16. The number of aromatic hydroxyl groups is 1. The third-order valence-electron chi connectivity index (χ3n) is 1.03. The Morgan fingerprint density at radius 1 is 1.07 bits per heavy atom. The number of phenolic OH excluding ortho intramolecular Hbond substituents is 1. The van der Waals surface area contributed by atoms with Crippen LogP contribution in [0.1, 0.15) is 5.56 Å². The van der Waals surface area contributed by atoms with Crippen LogP contribution in [-0.2, 0) is 10.4 Å². The first-order chi connectivity index (χ1) is 5.79. The van der Waals surface area contributed by atoms with Crippen molar-refractivity contribution in [1.82, 2.24) is 0 Å². The Balaban J connectivity index is -0.000000185. The van der Waals surface area contributed by atoms with Gasteiger partial charge in [-0.15, -0.1) is 0 Å². The molecule has 1 aromatic carbocycles. The van der Waals surface area contributed by atoms with Crippen LogP contribution in [0.15, 0.2) is 24.3 Å². The van der Waals surface area contributed by atoms with Crippen molar-refractivity contribution in [3.05, 3.63) is 29.8 Å². The molecular weight excluding hydrogens is 274 g/mol. The minimum absolute atomic E-state index is 0. The number of hydrogen-bond donors (Lipinski definition) is 1. The van der Waals surface area contributed by atoms with Gasteiger partial charge in [0.25, 0.3) is 0 Å². The van der Waals surface area contributed by atoms with Crippen molar-refractivity contribution in [2.75, 3.05) is 0 Å². The van der Waals surface area contributed by atoms with Gasteiger partial charge in [-0.2, -0.15) is 0 Å². The van der Waals surface area contributed by atoms with Crippen molar-refractivity contribution < 1.29 is 125 Å². The largest absolute Gasteiger partial charge is 1.00 e. The monoisotopic (exact) mass is 282 g/mol. The van der Waals surface area contributed by atoms with E-state index in [0.717, 1.165) is 0 Å². The van der Waals surface area contributed by atoms with E-state index in [2.05, 4.69) is 0 Å². The molecular formula is C7H8K2O5S. The van der Waals surface area contributed by atoms with Gasteiger partial charge in [0.05, 0.1) is 0 Å². The quantitative estimate of drug-likeness (QED) is 0.290. The summed E-state index contributed by atoms with van der Waals surface area (Å²) in [6.45, 7) is 1.99. The Morgan fingerprint density at radius 2 is 1.33 bits per heavy atom. The minimum Gasteiger partial charge on any atom is -0.759 e. The third kappa shape index (κ3) is 21.9. The maximum atomic E-state index is 8.76. The van der Waals surface area contributed by atoms with Crippen LogP contribution >= 0.6 is 0 Å². The molecule has 15 heavy (non-hydrogen) atoms. The minimum atomic E-state index is -5.17. The van der Waals surface area contributed by atoms with E-state index in [1.54, 1.807) is 12.1 Å². The second-order valence-corrected chi connectivity index (χ2v) is 3.06. The molecule has 0 atom stereocenters. The SMILES string of the molecule is Cc1ccc(O)cc1.O=S(=O)([O-])[O-].[K+].[K+]. The van der Waals surface area contributed by atoms with Gasteiger partial charge in [0.15, 0.2) is 0 Å². The van der Waals surface area contributed by atoms with Crippen LogP contribution < -0.4 is 103 Å². The summed E-state index contributed by atoms with van der Waals surface area (Å²) in [6, 6.07) is 7.09. The molecule has 0 saturated heterocycles. The van der Waals surface area contributed by atoms with Gasteiger partial charge in [-0.05, 0) is 19.1 Å². The molecule has 0 aromatic heterocycles. The Bertz CT molecular complexity index is 319. The van der Waals surface area contributed by atoms with E-state index < -0.39 is 10.4 Å². The van der Waals surface area contributed by atoms with Crippen molar-refractivity contribution in [2.45, 2.75) is 6.92 Å². The first-order valence-electron chi connectivity index (χ1n) is 3.21. The smallest absolute Gasteiger partial charge is 0.759 e. The molecule has 0 amide bonds. The summed E-state index contributed by atoms with van der Waals surface area (Å²) in [6.07, 6.45) is 0. The maximum Gasteiger partial charge on any atom is 1.00 e. The number of rotatable bonds is 0. The third-order valence-corrected chi connectivity index (χ3v) is 1.03. The Labute approximate surface area is 174 Å². The van der Waals surface area contributed by atoms with E-state index >= 15 is 0 Å². The molecule has 0 radical (unpaired) electrons. The molecule has 0 saturated carbocycles. The fourth-order valence-electron chi connectivity index (χ4n) is 0.545. The number of phenols is 1. The zero-order valence-corrected chi connectivity index (χ0v) is 15.9. The Morgan fingerprint density at radius 3 is 1.53 bits per heavy atom. The fourth-order valence-corrected chi connectivity index (χ4v) is 0.545. The molecule has 1 N–H and O–H groups in total. The molecule has 0 aliphatic heterocycles. The summed E-state index contributed by atoms with van der Waals surface area (Å²) in [5, 5.41) is 8.76. The van der Waals surface area contributed by atoms with Crippen LogP contribution in [0.4, 0.5) is 0 Å². The molecule has 1 aromatic rings. The molecule has 0 bridgehead atoms. The zero-order valence-electron chi connectivity index (χ0n) is 8.80. The van der Waals surface area contributed by atoms with E-state index in [-0.39, 0.29) is 103 Å². The molecule has 0 aliphatic rings. The van der Waals surface area contributed by atoms with Crippen molar-refractivity contribution >= 4 is 10.4 Å². The van der Waals surface area contributed by atoms with Crippen molar-refractivity contribution in [3.63, 3.8) is 0 Å². The van der Waals surface area contributed by atoms with E-state index in [1.165, 1.54) is 5.56 Å². The number of benzene rings is 1. The summed E-state index contributed by atoms with van der Waals surface area (Å²) in [5.74, 6) is 0.329. The average Bonchev–Trinajstić information content (AvgIpc) is 1.92. The predicted molar refractivity (Wildman–Crippen MR) is 43.3 cm³/mol. The van der Waals surface area contributed by atoms with Crippen LogP contribution in [0, 0.1) is 6.92 Å². The zero-order chi connectivity index (χ0) is 10.5. The van der Waals surface area contributed by atoms with Crippen LogP contribution in [0.5, 0.6) is 5.75 Å². The van der Waals surface area contributed by atoms with Crippen LogP contribution in [0.25, 0.3) is 0 Å². The van der Waals surface area contributed by atoms with Gasteiger partial charge < -0.3 is 14.2 Å². The fraction of sp³-hybridized carbons (Fsp3) is 0.143. The van der Waals surface area contributed by atoms with Crippen LogP contribution in [-0.4, -0.2) is 22.6 Å². The van der Waals surface area contributed by atoms with E-state index in [1.807, 2.05) is 19.1 Å². The van der Waals surface area contributed by atoms with Crippen molar-refractivity contribution in [3.8, 4) is 5.75 Å². The first-order valence-corrected chi connectivity index (χ1v) is 4.54. The number of hydrogen-bond acceptors (Lipinski definition) is 5. The predicted octanol–water partition coefficient (Wildman–Crippen LogP) is -5.63. The van der Waals surface area contributed by atoms with Gasteiger partial charge in [-0.1, -0.05) is 17.7 Å². The molecule has 0 unspecified atom stereocenters.